The van der Waals surface area contributed by atoms with Gasteiger partial charge in [-0.05, 0) is 55.7 Å². The van der Waals surface area contributed by atoms with Gasteiger partial charge in [0.1, 0.15) is 5.75 Å². The molecule has 0 fully saturated rings. The van der Waals surface area contributed by atoms with Crippen LogP contribution in [0, 0.1) is 0 Å². The highest BCUT2D eigenvalue weighted by Gasteiger charge is 2.00. The predicted octanol–water partition coefficient (Wildman–Crippen LogP) is 5.04. The van der Waals surface area contributed by atoms with E-state index in [1.807, 2.05) is 26.0 Å². The Morgan fingerprint density at radius 1 is 1.00 bits per heavy atom. The van der Waals surface area contributed by atoms with Crippen LogP contribution in [0.2, 0.25) is 0 Å². The van der Waals surface area contributed by atoms with Gasteiger partial charge in [0.05, 0.1) is 6.10 Å². The number of rotatable bonds is 7. The van der Waals surface area contributed by atoms with E-state index in [1.165, 1.54) is 17.5 Å². The van der Waals surface area contributed by atoms with E-state index in [9.17, 15) is 0 Å². The van der Waals surface area contributed by atoms with Gasteiger partial charge < -0.3 is 10.1 Å². The largest absolute Gasteiger partial charge is 0.491 e. The molecule has 0 radical (unpaired) electrons. The molecule has 0 bridgehead atoms. The number of hydrogen-bond acceptors (Lipinski definition) is 2. The van der Waals surface area contributed by atoms with Crippen molar-refractivity contribution in [2.45, 2.75) is 46.3 Å². The number of benzene rings is 2. The van der Waals surface area contributed by atoms with Crippen LogP contribution in [0.25, 0.3) is 0 Å². The minimum absolute atomic E-state index is 0.208. The first-order valence-electron chi connectivity index (χ1n) is 7.76. The molecule has 112 valence electrons. The van der Waals surface area contributed by atoms with Crippen molar-refractivity contribution in [2.24, 2.45) is 0 Å². The number of ether oxygens (including phenoxy) is 1. The number of aryl methyl sites for hydroxylation is 1. The molecule has 0 amide bonds. The summed E-state index contributed by atoms with van der Waals surface area (Å²) in [5, 5.41) is 3.46. The summed E-state index contributed by atoms with van der Waals surface area (Å²) in [6.07, 6.45) is 2.55. The average Bonchev–Trinajstić information content (AvgIpc) is 2.47. The van der Waals surface area contributed by atoms with Crippen molar-refractivity contribution >= 4 is 5.69 Å². The lowest BCUT2D eigenvalue weighted by Crippen LogP contribution is -2.06. The molecule has 0 aliphatic carbocycles. The summed E-state index contributed by atoms with van der Waals surface area (Å²) in [6, 6.07) is 17.0. The lowest BCUT2D eigenvalue weighted by molar-refractivity contribution is 0.242. The highest BCUT2D eigenvalue weighted by molar-refractivity contribution is 5.45. The first kappa shape index (κ1) is 15.4. The Morgan fingerprint density at radius 2 is 1.76 bits per heavy atom. The molecule has 1 N–H and O–H groups in total. The molecule has 2 heteroatoms. The molecular formula is C19H25NO. The normalized spacial score (nSPS) is 10.7. The summed E-state index contributed by atoms with van der Waals surface area (Å²) >= 11 is 0. The van der Waals surface area contributed by atoms with Gasteiger partial charge in [-0.3, -0.25) is 0 Å². The van der Waals surface area contributed by atoms with E-state index in [-0.39, 0.29) is 6.10 Å². The van der Waals surface area contributed by atoms with Crippen LogP contribution in [-0.2, 0) is 13.0 Å². The van der Waals surface area contributed by atoms with Crippen LogP contribution < -0.4 is 10.1 Å². The SMILES string of the molecule is CCCc1ccc(NCc2cccc(OC(C)C)c2)cc1. The van der Waals surface area contributed by atoms with E-state index in [2.05, 4.69) is 48.6 Å². The Morgan fingerprint density at radius 3 is 2.43 bits per heavy atom. The summed E-state index contributed by atoms with van der Waals surface area (Å²) < 4.78 is 5.72. The first-order valence-corrected chi connectivity index (χ1v) is 7.76. The standard InChI is InChI=1S/C19H25NO/c1-4-6-16-9-11-18(12-10-16)20-14-17-7-5-8-19(13-17)21-15(2)3/h5,7-13,15,20H,4,6,14H2,1-3H3. The molecule has 21 heavy (non-hydrogen) atoms. The number of hydrogen-bond donors (Lipinski definition) is 1. The molecule has 2 aromatic carbocycles. The minimum atomic E-state index is 0.208. The second-order valence-electron chi connectivity index (χ2n) is 5.61. The topological polar surface area (TPSA) is 21.3 Å². The maximum atomic E-state index is 5.72. The van der Waals surface area contributed by atoms with Gasteiger partial charge in [0.15, 0.2) is 0 Å². The Balaban J connectivity index is 1.93. The monoisotopic (exact) mass is 283 g/mol. The molecule has 0 saturated carbocycles. The molecule has 0 saturated heterocycles. The lowest BCUT2D eigenvalue weighted by Gasteiger charge is -2.12. The van der Waals surface area contributed by atoms with Gasteiger partial charge in [0.2, 0.25) is 0 Å². The fourth-order valence-electron chi connectivity index (χ4n) is 2.28. The fourth-order valence-corrected chi connectivity index (χ4v) is 2.28. The zero-order valence-corrected chi connectivity index (χ0v) is 13.2. The van der Waals surface area contributed by atoms with Crippen LogP contribution in [0.1, 0.15) is 38.3 Å². The van der Waals surface area contributed by atoms with Crippen LogP contribution in [0.5, 0.6) is 5.75 Å². The van der Waals surface area contributed by atoms with Crippen molar-refractivity contribution in [3.05, 3.63) is 59.7 Å². The van der Waals surface area contributed by atoms with Crippen LogP contribution >= 0.6 is 0 Å². The summed E-state index contributed by atoms with van der Waals surface area (Å²) in [6.45, 7) is 7.10. The molecule has 2 rings (SSSR count). The molecule has 0 spiro atoms. The smallest absolute Gasteiger partial charge is 0.120 e. The Bertz CT molecular complexity index is 546. The Hall–Kier alpha value is -1.96. The fraction of sp³-hybridized carbons (Fsp3) is 0.368. The molecule has 0 heterocycles. The van der Waals surface area contributed by atoms with Gasteiger partial charge in [-0.25, -0.2) is 0 Å². The molecule has 2 nitrogen and oxygen atoms in total. The molecule has 0 aromatic heterocycles. The molecule has 0 aliphatic rings. The van der Waals surface area contributed by atoms with E-state index in [4.69, 9.17) is 4.74 Å². The van der Waals surface area contributed by atoms with E-state index < -0.39 is 0 Å². The summed E-state index contributed by atoms with van der Waals surface area (Å²) in [5.74, 6) is 0.933. The number of nitrogens with one attached hydrogen (secondary N) is 1. The van der Waals surface area contributed by atoms with Gasteiger partial charge in [-0.1, -0.05) is 37.6 Å². The maximum Gasteiger partial charge on any atom is 0.120 e. The van der Waals surface area contributed by atoms with E-state index in [1.54, 1.807) is 0 Å². The molecule has 0 atom stereocenters. The van der Waals surface area contributed by atoms with Crippen molar-refractivity contribution in [3.8, 4) is 5.75 Å². The second-order valence-corrected chi connectivity index (χ2v) is 5.61. The molecular weight excluding hydrogens is 258 g/mol. The maximum absolute atomic E-state index is 5.72. The van der Waals surface area contributed by atoms with Crippen molar-refractivity contribution in [1.82, 2.24) is 0 Å². The van der Waals surface area contributed by atoms with E-state index in [0.717, 1.165) is 24.4 Å². The van der Waals surface area contributed by atoms with Gasteiger partial charge in [0, 0.05) is 12.2 Å². The Labute approximate surface area is 128 Å². The first-order chi connectivity index (χ1) is 10.2. The van der Waals surface area contributed by atoms with Crippen LogP contribution in [0.15, 0.2) is 48.5 Å². The zero-order chi connectivity index (χ0) is 15.1. The second kappa shape index (κ2) is 7.72. The predicted molar refractivity (Wildman–Crippen MR) is 90.0 cm³/mol. The van der Waals surface area contributed by atoms with Gasteiger partial charge >= 0.3 is 0 Å². The molecule has 0 unspecified atom stereocenters. The van der Waals surface area contributed by atoms with E-state index >= 15 is 0 Å². The third kappa shape index (κ3) is 5.14. The molecule has 0 aliphatic heterocycles. The molecule has 2 aromatic rings. The van der Waals surface area contributed by atoms with E-state index in [0.29, 0.717) is 0 Å². The third-order valence-electron chi connectivity index (χ3n) is 3.26. The van der Waals surface area contributed by atoms with Crippen LogP contribution in [-0.4, -0.2) is 6.10 Å². The summed E-state index contributed by atoms with van der Waals surface area (Å²) in [5.41, 5.74) is 3.78. The van der Waals surface area contributed by atoms with Crippen molar-refractivity contribution in [1.29, 1.82) is 0 Å². The van der Waals surface area contributed by atoms with Crippen molar-refractivity contribution in [2.75, 3.05) is 5.32 Å². The number of anilines is 1. The quantitative estimate of drug-likeness (QED) is 0.768. The summed E-state index contributed by atoms with van der Waals surface area (Å²) in [4.78, 5) is 0. The third-order valence-corrected chi connectivity index (χ3v) is 3.26. The summed E-state index contributed by atoms with van der Waals surface area (Å²) in [7, 11) is 0. The lowest BCUT2D eigenvalue weighted by atomic mass is 10.1. The van der Waals surface area contributed by atoms with Crippen molar-refractivity contribution in [3.63, 3.8) is 0 Å². The highest BCUT2D eigenvalue weighted by atomic mass is 16.5. The van der Waals surface area contributed by atoms with Gasteiger partial charge in [0.25, 0.3) is 0 Å². The van der Waals surface area contributed by atoms with Gasteiger partial charge in [-0.2, -0.15) is 0 Å². The minimum Gasteiger partial charge on any atom is -0.491 e. The average molecular weight is 283 g/mol. The Kier molecular flexibility index (Phi) is 5.68. The zero-order valence-electron chi connectivity index (χ0n) is 13.2. The van der Waals surface area contributed by atoms with Crippen LogP contribution in [0.4, 0.5) is 5.69 Å². The van der Waals surface area contributed by atoms with Gasteiger partial charge in [-0.15, -0.1) is 0 Å². The highest BCUT2D eigenvalue weighted by Crippen LogP contribution is 2.17. The van der Waals surface area contributed by atoms with Crippen LogP contribution in [0.3, 0.4) is 0 Å². The van der Waals surface area contributed by atoms with Crippen molar-refractivity contribution < 1.29 is 4.74 Å².